The number of rotatable bonds is 3. The highest BCUT2D eigenvalue weighted by atomic mass is 16.7. The van der Waals surface area contributed by atoms with Crippen LogP contribution in [0.5, 0.6) is 0 Å². The van der Waals surface area contributed by atoms with Gasteiger partial charge in [0.2, 0.25) is 0 Å². The van der Waals surface area contributed by atoms with Gasteiger partial charge in [0, 0.05) is 0 Å². The average Bonchev–Trinajstić information content (AvgIpc) is 1.89. The van der Waals surface area contributed by atoms with Gasteiger partial charge in [0.15, 0.2) is 0 Å². The van der Waals surface area contributed by atoms with E-state index in [1.807, 2.05) is 13.3 Å². The quantitative estimate of drug-likeness (QED) is 0.429. The van der Waals surface area contributed by atoms with Crippen molar-refractivity contribution >= 4 is 6.16 Å². The van der Waals surface area contributed by atoms with Crippen molar-refractivity contribution in [3.8, 4) is 0 Å². The van der Waals surface area contributed by atoms with Gasteiger partial charge in [-0.2, -0.15) is 0 Å². The predicted molar refractivity (Wildman–Crippen MR) is 32.9 cm³/mol. The molecular formula is C6H11O3. The summed E-state index contributed by atoms with van der Waals surface area (Å²) in [5.41, 5.74) is 0. The van der Waals surface area contributed by atoms with Gasteiger partial charge in [-0.25, -0.2) is 4.79 Å². The number of hydrogen-bond acceptors (Lipinski definition) is 3. The van der Waals surface area contributed by atoms with E-state index in [0.717, 1.165) is 6.42 Å². The highest BCUT2D eigenvalue weighted by molar-refractivity contribution is 5.59. The summed E-state index contributed by atoms with van der Waals surface area (Å²) in [6, 6.07) is 0. The molecular weight excluding hydrogens is 120 g/mol. The van der Waals surface area contributed by atoms with Crippen LogP contribution in [0.1, 0.15) is 13.3 Å². The number of carbonyl (C=O) groups is 1. The summed E-state index contributed by atoms with van der Waals surface area (Å²) in [5, 5.41) is 0. The van der Waals surface area contributed by atoms with Gasteiger partial charge in [0.25, 0.3) is 0 Å². The topological polar surface area (TPSA) is 35.5 Å². The lowest BCUT2D eigenvalue weighted by Crippen LogP contribution is -2.04. The predicted octanol–water partition coefficient (Wildman–Crippen LogP) is 1.38. The molecule has 3 heteroatoms. The summed E-state index contributed by atoms with van der Waals surface area (Å²) < 4.78 is 8.76. The van der Waals surface area contributed by atoms with Gasteiger partial charge in [-0.15, -0.1) is 0 Å². The first-order valence-corrected chi connectivity index (χ1v) is 2.79. The minimum Gasteiger partial charge on any atom is -0.438 e. The van der Waals surface area contributed by atoms with Crippen LogP contribution in [0, 0.1) is 6.42 Å². The monoisotopic (exact) mass is 131 g/mol. The largest absolute Gasteiger partial charge is 0.507 e. The van der Waals surface area contributed by atoms with E-state index >= 15 is 0 Å². The number of unbranched alkanes of at least 4 members (excludes halogenated alkanes) is 1. The zero-order valence-electron chi connectivity index (χ0n) is 5.72. The smallest absolute Gasteiger partial charge is 0.438 e. The maximum atomic E-state index is 10.2. The zero-order valence-corrected chi connectivity index (χ0v) is 5.72. The molecule has 0 saturated heterocycles. The van der Waals surface area contributed by atoms with Crippen LogP contribution >= 0.6 is 0 Å². The molecule has 0 aliphatic rings. The molecule has 0 atom stereocenters. The highest BCUT2D eigenvalue weighted by Crippen LogP contribution is 1.88. The minimum atomic E-state index is -0.614. The Balaban J connectivity index is 2.97. The second-order valence-corrected chi connectivity index (χ2v) is 1.50. The van der Waals surface area contributed by atoms with Gasteiger partial charge in [-0.3, -0.25) is 0 Å². The van der Waals surface area contributed by atoms with E-state index in [9.17, 15) is 4.79 Å². The Morgan fingerprint density at radius 1 is 1.67 bits per heavy atom. The first-order valence-electron chi connectivity index (χ1n) is 2.79. The number of methoxy groups -OCH3 is 1. The molecule has 0 rings (SSSR count). The molecule has 0 saturated carbocycles. The van der Waals surface area contributed by atoms with Gasteiger partial charge < -0.3 is 9.47 Å². The van der Waals surface area contributed by atoms with Crippen molar-refractivity contribution in [2.75, 3.05) is 13.7 Å². The lowest BCUT2D eigenvalue weighted by atomic mass is 10.4. The van der Waals surface area contributed by atoms with E-state index in [4.69, 9.17) is 0 Å². The van der Waals surface area contributed by atoms with Crippen molar-refractivity contribution in [3.63, 3.8) is 0 Å². The van der Waals surface area contributed by atoms with Gasteiger partial charge in [0.05, 0.1) is 13.7 Å². The van der Waals surface area contributed by atoms with Crippen LogP contribution in [0.25, 0.3) is 0 Å². The van der Waals surface area contributed by atoms with Crippen molar-refractivity contribution < 1.29 is 14.3 Å². The number of hydrogen-bond donors (Lipinski definition) is 0. The standard InChI is InChI=1S/C6H11O3/c1-3-4-5-9-6(7)8-2/h3H,4-5H2,1-2H3. The normalized spacial score (nSPS) is 8.67. The van der Waals surface area contributed by atoms with Crippen molar-refractivity contribution in [2.24, 2.45) is 0 Å². The molecule has 1 radical (unpaired) electrons. The van der Waals surface area contributed by atoms with Gasteiger partial charge in [-0.05, 0) is 12.8 Å². The van der Waals surface area contributed by atoms with Crippen LogP contribution in [-0.4, -0.2) is 19.9 Å². The fourth-order valence-electron chi connectivity index (χ4n) is 0.319. The molecule has 0 aromatic heterocycles. The van der Waals surface area contributed by atoms with Crippen molar-refractivity contribution in [1.29, 1.82) is 0 Å². The summed E-state index contributed by atoms with van der Waals surface area (Å²) in [7, 11) is 1.29. The van der Waals surface area contributed by atoms with Crippen LogP contribution < -0.4 is 0 Å². The average molecular weight is 131 g/mol. The number of carbonyl (C=O) groups excluding carboxylic acids is 1. The Bertz CT molecular complexity index is 80.4. The van der Waals surface area contributed by atoms with E-state index in [0.29, 0.717) is 6.61 Å². The highest BCUT2D eigenvalue weighted by Gasteiger charge is 1.96. The molecule has 0 aliphatic carbocycles. The van der Waals surface area contributed by atoms with Crippen LogP contribution in [0.4, 0.5) is 4.79 Å². The first-order chi connectivity index (χ1) is 4.31. The lowest BCUT2D eigenvalue weighted by Gasteiger charge is -1.99. The summed E-state index contributed by atoms with van der Waals surface area (Å²) in [5.74, 6) is 0. The molecule has 0 aromatic rings. The van der Waals surface area contributed by atoms with Crippen molar-refractivity contribution in [2.45, 2.75) is 13.3 Å². The molecule has 0 amide bonds. The fourth-order valence-corrected chi connectivity index (χ4v) is 0.319. The van der Waals surface area contributed by atoms with Crippen molar-refractivity contribution in [3.05, 3.63) is 6.42 Å². The lowest BCUT2D eigenvalue weighted by molar-refractivity contribution is 0.0735. The molecule has 3 nitrogen and oxygen atoms in total. The molecule has 53 valence electrons. The van der Waals surface area contributed by atoms with E-state index < -0.39 is 6.16 Å². The Kier molecular flexibility index (Phi) is 4.97. The summed E-state index contributed by atoms with van der Waals surface area (Å²) >= 11 is 0. The third-order valence-corrected chi connectivity index (χ3v) is 0.793. The first kappa shape index (κ1) is 8.27. The maximum Gasteiger partial charge on any atom is 0.507 e. The second kappa shape index (κ2) is 5.41. The molecule has 0 fully saturated rings. The van der Waals surface area contributed by atoms with Crippen LogP contribution in [0.3, 0.4) is 0 Å². The zero-order chi connectivity index (χ0) is 7.11. The Morgan fingerprint density at radius 3 is 2.78 bits per heavy atom. The summed E-state index contributed by atoms with van der Waals surface area (Å²) in [6.07, 6.45) is 2.08. The van der Waals surface area contributed by atoms with Crippen LogP contribution in [0.15, 0.2) is 0 Å². The third-order valence-electron chi connectivity index (χ3n) is 0.793. The molecule has 9 heavy (non-hydrogen) atoms. The Hall–Kier alpha value is -0.730. The summed E-state index contributed by atoms with van der Waals surface area (Å²) in [6.45, 7) is 2.31. The maximum absolute atomic E-state index is 10.2. The number of ether oxygens (including phenoxy) is 2. The Labute approximate surface area is 55.0 Å². The Morgan fingerprint density at radius 2 is 2.33 bits per heavy atom. The van der Waals surface area contributed by atoms with Crippen LogP contribution in [-0.2, 0) is 9.47 Å². The fraction of sp³-hybridized carbons (Fsp3) is 0.667. The molecule has 0 bridgehead atoms. The molecule has 0 aliphatic heterocycles. The summed E-state index contributed by atoms with van der Waals surface area (Å²) in [4.78, 5) is 10.2. The second-order valence-electron chi connectivity index (χ2n) is 1.50. The van der Waals surface area contributed by atoms with Gasteiger partial charge >= 0.3 is 6.16 Å². The van der Waals surface area contributed by atoms with Gasteiger partial charge in [0.1, 0.15) is 0 Å². The van der Waals surface area contributed by atoms with E-state index in [2.05, 4.69) is 9.47 Å². The third kappa shape index (κ3) is 5.14. The molecule has 0 aromatic carbocycles. The molecule has 0 unspecified atom stereocenters. The van der Waals surface area contributed by atoms with E-state index in [-0.39, 0.29) is 0 Å². The van der Waals surface area contributed by atoms with Crippen LogP contribution in [0.2, 0.25) is 0 Å². The SMILES string of the molecule is C[CH]CCOC(=O)OC. The van der Waals surface area contributed by atoms with E-state index in [1.54, 1.807) is 0 Å². The van der Waals surface area contributed by atoms with Gasteiger partial charge in [-0.1, -0.05) is 6.92 Å². The molecule has 0 heterocycles. The molecule has 0 spiro atoms. The van der Waals surface area contributed by atoms with E-state index in [1.165, 1.54) is 7.11 Å². The van der Waals surface area contributed by atoms with Crippen molar-refractivity contribution in [1.82, 2.24) is 0 Å². The minimum absolute atomic E-state index is 0.406. The molecule has 0 N–H and O–H groups in total.